The second kappa shape index (κ2) is 7.05. The highest BCUT2D eigenvalue weighted by Crippen LogP contribution is 2.27. The predicted molar refractivity (Wildman–Crippen MR) is 85.1 cm³/mol. The van der Waals surface area contributed by atoms with Gasteiger partial charge in [0, 0.05) is 29.8 Å². The number of halogens is 1. The van der Waals surface area contributed by atoms with Crippen LogP contribution in [-0.4, -0.2) is 28.0 Å². The van der Waals surface area contributed by atoms with E-state index < -0.39 is 23.4 Å². The third-order valence-corrected chi connectivity index (χ3v) is 3.58. The number of anilines is 1. The highest BCUT2D eigenvalue weighted by molar-refractivity contribution is 9.10. The molecule has 8 nitrogen and oxygen atoms in total. The Morgan fingerprint density at radius 1 is 1.39 bits per heavy atom. The Morgan fingerprint density at radius 3 is 2.70 bits per heavy atom. The van der Waals surface area contributed by atoms with Crippen LogP contribution in [0.3, 0.4) is 0 Å². The van der Waals surface area contributed by atoms with Gasteiger partial charge in [0.15, 0.2) is 6.61 Å². The number of nitro groups is 1. The summed E-state index contributed by atoms with van der Waals surface area (Å²) in [4.78, 5) is 33.7. The van der Waals surface area contributed by atoms with E-state index >= 15 is 0 Å². The number of carbonyl (C=O) groups excluding carboxylic acids is 2. The van der Waals surface area contributed by atoms with Crippen molar-refractivity contribution in [3.63, 3.8) is 0 Å². The first-order valence-corrected chi connectivity index (χ1v) is 7.20. The number of carbonyl (C=O) groups is 2. The minimum Gasteiger partial charge on any atom is -0.451 e. The van der Waals surface area contributed by atoms with E-state index in [0.29, 0.717) is 15.9 Å². The molecule has 1 aromatic heterocycles. The fourth-order valence-corrected chi connectivity index (χ4v) is 2.25. The van der Waals surface area contributed by atoms with E-state index in [9.17, 15) is 19.7 Å². The molecule has 2 rings (SSSR count). The van der Waals surface area contributed by atoms with Crippen molar-refractivity contribution in [2.45, 2.75) is 0 Å². The van der Waals surface area contributed by atoms with Crippen LogP contribution in [0.2, 0.25) is 0 Å². The summed E-state index contributed by atoms with van der Waals surface area (Å²) in [6.07, 6.45) is 1.69. The quantitative estimate of drug-likeness (QED) is 0.486. The Kier molecular flexibility index (Phi) is 5.12. The number of amides is 1. The molecule has 0 aliphatic heterocycles. The molecule has 23 heavy (non-hydrogen) atoms. The van der Waals surface area contributed by atoms with Gasteiger partial charge in [-0.3, -0.25) is 14.9 Å². The van der Waals surface area contributed by atoms with Gasteiger partial charge < -0.3 is 14.6 Å². The van der Waals surface area contributed by atoms with Crippen LogP contribution >= 0.6 is 15.9 Å². The van der Waals surface area contributed by atoms with Crippen LogP contribution in [0.15, 0.2) is 41.0 Å². The molecular weight excluding hydrogens is 370 g/mol. The van der Waals surface area contributed by atoms with Crippen LogP contribution in [0.1, 0.15) is 10.5 Å². The summed E-state index contributed by atoms with van der Waals surface area (Å²) < 4.78 is 6.84. The molecule has 1 heterocycles. The Labute approximate surface area is 139 Å². The topological polar surface area (TPSA) is 103 Å². The van der Waals surface area contributed by atoms with Crippen LogP contribution < -0.4 is 5.32 Å². The van der Waals surface area contributed by atoms with Crippen LogP contribution in [0.25, 0.3) is 0 Å². The Bertz CT molecular complexity index is 772. The van der Waals surface area contributed by atoms with E-state index in [4.69, 9.17) is 4.74 Å². The summed E-state index contributed by atoms with van der Waals surface area (Å²) in [5, 5.41) is 13.1. The van der Waals surface area contributed by atoms with Gasteiger partial charge in [0.05, 0.1) is 10.6 Å². The Balaban J connectivity index is 1.94. The summed E-state index contributed by atoms with van der Waals surface area (Å²) in [6, 6.07) is 7.18. The molecule has 1 aromatic carbocycles. The Morgan fingerprint density at radius 2 is 2.13 bits per heavy atom. The summed E-state index contributed by atoms with van der Waals surface area (Å²) in [6.45, 7) is -0.465. The van der Waals surface area contributed by atoms with Crippen molar-refractivity contribution in [2.24, 2.45) is 7.05 Å². The molecule has 1 N–H and O–H groups in total. The van der Waals surface area contributed by atoms with Crippen molar-refractivity contribution in [2.75, 3.05) is 11.9 Å². The maximum absolute atomic E-state index is 11.8. The third-order valence-electron chi connectivity index (χ3n) is 2.92. The van der Waals surface area contributed by atoms with Crippen molar-refractivity contribution in [3.05, 3.63) is 56.8 Å². The fourth-order valence-electron chi connectivity index (χ4n) is 1.78. The molecule has 0 saturated heterocycles. The van der Waals surface area contributed by atoms with Gasteiger partial charge in [-0.1, -0.05) is 0 Å². The first-order chi connectivity index (χ1) is 10.9. The second-order valence-corrected chi connectivity index (χ2v) is 5.40. The molecule has 0 atom stereocenters. The zero-order chi connectivity index (χ0) is 17.0. The zero-order valence-electron chi connectivity index (χ0n) is 12.0. The molecule has 0 spiro atoms. The predicted octanol–water partition coefficient (Wildman–Crippen LogP) is 2.49. The van der Waals surface area contributed by atoms with Crippen LogP contribution in [0.4, 0.5) is 11.4 Å². The lowest BCUT2D eigenvalue weighted by Crippen LogP contribution is -2.22. The van der Waals surface area contributed by atoms with Crippen LogP contribution in [0.5, 0.6) is 0 Å². The average Bonchev–Trinajstić information content (AvgIpc) is 2.93. The number of nitrogens with one attached hydrogen (secondary N) is 1. The van der Waals surface area contributed by atoms with Gasteiger partial charge in [-0.25, -0.2) is 4.79 Å². The average molecular weight is 382 g/mol. The lowest BCUT2D eigenvalue weighted by molar-refractivity contribution is -0.384. The minimum atomic E-state index is -0.615. The number of hydrogen-bond acceptors (Lipinski definition) is 5. The molecule has 0 bridgehead atoms. The molecule has 0 radical (unpaired) electrons. The summed E-state index contributed by atoms with van der Waals surface area (Å²) in [5.41, 5.74) is 0.565. The molecule has 9 heteroatoms. The van der Waals surface area contributed by atoms with Gasteiger partial charge in [0.2, 0.25) is 0 Å². The van der Waals surface area contributed by atoms with E-state index in [1.807, 2.05) is 0 Å². The molecule has 120 valence electrons. The minimum absolute atomic E-state index is 0.106. The molecule has 0 fully saturated rings. The van der Waals surface area contributed by atoms with Gasteiger partial charge in [-0.05, 0) is 34.1 Å². The van der Waals surface area contributed by atoms with E-state index in [-0.39, 0.29) is 5.69 Å². The summed E-state index contributed by atoms with van der Waals surface area (Å²) in [7, 11) is 1.69. The molecule has 0 saturated carbocycles. The number of nitrogens with zero attached hydrogens (tertiary/aromatic N) is 2. The lowest BCUT2D eigenvalue weighted by Gasteiger charge is -2.08. The first kappa shape index (κ1) is 16.7. The number of rotatable bonds is 5. The molecule has 0 aliphatic carbocycles. The van der Waals surface area contributed by atoms with Crippen LogP contribution in [-0.2, 0) is 16.6 Å². The highest BCUT2D eigenvalue weighted by Gasteiger charge is 2.14. The van der Waals surface area contributed by atoms with Crippen molar-refractivity contribution < 1.29 is 19.2 Å². The lowest BCUT2D eigenvalue weighted by atomic mass is 10.3. The zero-order valence-corrected chi connectivity index (χ0v) is 13.6. The van der Waals surface area contributed by atoms with Crippen LogP contribution in [0, 0.1) is 10.1 Å². The highest BCUT2D eigenvalue weighted by atomic mass is 79.9. The SMILES string of the molecule is Cn1cccc1C(=O)OCC(=O)Nc1ccc([N+](=O)[O-])cc1Br. The van der Waals surface area contributed by atoms with E-state index in [1.54, 1.807) is 29.9 Å². The largest absolute Gasteiger partial charge is 0.451 e. The molecule has 0 aliphatic rings. The van der Waals surface area contributed by atoms with Crippen molar-refractivity contribution in [3.8, 4) is 0 Å². The summed E-state index contributed by atoms with van der Waals surface area (Å²) in [5.74, 6) is -1.17. The van der Waals surface area contributed by atoms with E-state index in [1.165, 1.54) is 18.2 Å². The normalized spacial score (nSPS) is 10.2. The van der Waals surface area contributed by atoms with Gasteiger partial charge in [0.25, 0.3) is 11.6 Å². The number of aromatic nitrogens is 1. The van der Waals surface area contributed by atoms with Crippen molar-refractivity contribution in [1.29, 1.82) is 0 Å². The number of esters is 1. The number of ether oxygens (including phenoxy) is 1. The number of benzene rings is 1. The monoisotopic (exact) mass is 381 g/mol. The fraction of sp³-hybridized carbons (Fsp3) is 0.143. The maximum atomic E-state index is 11.8. The second-order valence-electron chi connectivity index (χ2n) is 4.55. The maximum Gasteiger partial charge on any atom is 0.355 e. The third kappa shape index (κ3) is 4.16. The van der Waals surface area contributed by atoms with E-state index in [0.717, 1.165) is 0 Å². The molecular formula is C14H12BrN3O5. The number of aryl methyl sites for hydroxylation is 1. The molecule has 1 amide bonds. The number of nitro benzene ring substituents is 1. The van der Waals surface area contributed by atoms with Gasteiger partial charge in [0.1, 0.15) is 5.69 Å². The smallest absolute Gasteiger partial charge is 0.355 e. The standard InChI is InChI=1S/C14H12BrN3O5/c1-17-6-2-3-12(17)14(20)23-8-13(19)16-11-5-4-9(18(21)22)7-10(11)15/h2-7H,8H2,1H3,(H,16,19). The van der Waals surface area contributed by atoms with Gasteiger partial charge >= 0.3 is 5.97 Å². The van der Waals surface area contributed by atoms with Gasteiger partial charge in [-0.2, -0.15) is 0 Å². The van der Waals surface area contributed by atoms with Gasteiger partial charge in [-0.15, -0.1) is 0 Å². The number of non-ortho nitro benzene ring substituents is 1. The molecule has 0 unspecified atom stereocenters. The number of hydrogen-bond donors (Lipinski definition) is 1. The summed E-state index contributed by atoms with van der Waals surface area (Å²) >= 11 is 3.13. The first-order valence-electron chi connectivity index (χ1n) is 6.40. The van der Waals surface area contributed by atoms with Crippen molar-refractivity contribution in [1.82, 2.24) is 4.57 Å². The Hall–Kier alpha value is -2.68. The van der Waals surface area contributed by atoms with E-state index in [2.05, 4.69) is 21.2 Å². The molecule has 2 aromatic rings. The van der Waals surface area contributed by atoms with Crippen molar-refractivity contribution >= 4 is 39.2 Å².